The standard InChI is InChI=1S/C22H28N2O5S2/c1-18-6-10-20(11-7-18)30(26,27)17-14-22(25)23-19-8-12-21(13-9-19)31(28,29)24-15-4-2-3-5-16-24/h6-13H,2-5,14-17H2,1H3,(H,23,25). The zero-order valence-electron chi connectivity index (χ0n) is 17.6. The lowest BCUT2D eigenvalue weighted by atomic mass is 10.2. The number of anilines is 1. The van der Waals surface area contributed by atoms with E-state index in [9.17, 15) is 21.6 Å². The van der Waals surface area contributed by atoms with Crippen LogP contribution in [0.5, 0.6) is 0 Å². The molecule has 0 bridgehead atoms. The van der Waals surface area contributed by atoms with Crippen LogP contribution in [0.1, 0.15) is 37.7 Å². The van der Waals surface area contributed by atoms with Gasteiger partial charge in [-0.3, -0.25) is 4.79 Å². The third-order valence-electron chi connectivity index (χ3n) is 5.32. The quantitative estimate of drug-likeness (QED) is 0.677. The van der Waals surface area contributed by atoms with E-state index in [0.29, 0.717) is 18.8 Å². The van der Waals surface area contributed by atoms with E-state index in [-0.39, 0.29) is 22.0 Å². The maximum absolute atomic E-state index is 12.8. The summed E-state index contributed by atoms with van der Waals surface area (Å²) in [5.74, 6) is -0.748. The number of nitrogens with zero attached hydrogens (tertiary/aromatic N) is 1. The number of rotatable bonds is 7. The molecule has 0 aliphatic carbocycles. The van der Waals surface area contributed by atoms with Crippen LogP contribution < -0.4 is 5.32 Å². The van der Waals surface area contributed by atoms with E-state index in [0.717, 1.165) is 31.2 Å². The molecule has 1 heterocycles. The van der Waals surface area contributed by atoms with Gasteiger partial charge >= 0.3 is 0 Å². The van der Waals surface area contributed by atoms with Crippen LogP contribution in [-0.2, 0) is 24.7 Å². The maximum Gasteiger partial charge on any atom is 0.243 e. The van der Waals surface area contributed by atoms with Gasteiger partial charge in [-0.25, -0.2) is 16.8 Å². The fraction of sp³-hybridized carbons (Fsp3) is 0.409. The van der Waals surface area contributed by atoms with E-state index in [1.54, 1.807) is 12.1 Å². The van der Waals surface area contributed by atoms with Crippen molar-refractivity contribution in [1.29, 1.82) is 0 Å². The molecule has 1 saturated heterocycles. The number of aryl methyl sites for hydroxylation is 1. The Balaban J connectivity index is 1.59. The monoisotopic (exact) mass is 464 g/mol. The van der Waals surface area contributed by atoms with Gasteiger partial charge in [0.2, 0.25) is 15.9 Å². The van der Waals surface area contributed by atoms with Crippen molar-refractivity contribution in [1.82, 2.24) is 4.31 Å². The molecule has 0 unspecified atom stereocenters. The first-order chi connectivity index (χ1) is 14.7. The zero-order valence-corrected chi connectivity index (χ0v) is 19.2. The van der Waals surface area contributed by atoms with Crippen LogP contribution in [0.4, 0.5) is 5.69 Å². The molecule has 3 rings (SSSR count). The average molecular weight is 465 g/mol. The molecule has 168 valence electrons. The smallest absolute Gasteiger partial charge is 0.243 e. The highest BCUT2D eigenvalue weighted by Gasteiger charge is 2.25. The lowest BCUT2D eigenvalue weighted by molar-refractivity contribution is -0.115. The predicted molar refractivity (Wildman–Crippen MR) is 120 cm³/mol. The number of hydrogen-bond donors (Lipinski definition) is 1. The molecular formula is C22H28N2O5S2. The number of sulfonamides is 1. The second kappa shape index (κ2) is 9.93. The molecule has 1 N–H and O–H groups in total. The summed E-state index contributed by atoms with van der Waals surface area (Å²) >= 11 is 0. The normalized spacial score (nSPS) is 15.9. The van der Waals surface area contributed by atoms with Gasteiger partial charge in [-0.05, 0) is 56.2 Å². The van der Waals surface area contributed by atoms with Crippen molar-refractivity contribution in [2.45, 2.75) is 48.8 Å². The Labute approximate surface area is 184 Å². The summed E-state index contributed by atoms with van der Waals surface area (Å²) in [5.41, 5.74) is 1.38. The summed E-state index contributed by atoms with van der Waals surface area (Å²) in [5, 5.41) is 2.63. The molecule has 1 aliphatic heterocycles. The van der Waals surface area contributed by atoms with E-state index >= 15 is 0 Å². The van der Waals surface area contributed by atoms with Crippen molar-refractivity contribution in [2.75, 3.05) is 24.2 Å². The van der Waals surface area contributed by atoms with E-state index < -0.39 is 25.8 Å². The van der Waals surface area contributed by atoms with Gasteiger partial charge in [-0.1, -0.05) is 30.5 Å². The van der Waals surface area contributed by atoms with Crippen molar-refractivity contribution in [3.8, 4) is 0 Å². The Hall–Kier alpha value is -2.23. The van der Waals surface area contributed by atoms with Gasteiger partial charge in [0, 0.05) is 25.2 Å². The second-order valence-electron chi connectivity index (χ2n) is 7.77. The Bertz CT molecular complexity index is 1100. The summed E-state index contributed by atoms with van der Waals surface area (Å²) < 4.78 is 51.9. The van der Waals surface area contributed by atoms with Gasteiger partial charge in [0.15, 0.2) is 9.84 Å². The largest absolute Gasteiger partial charge is 0.326 e. The van der Waals surface area contributed by atoms with Gasteiger partial charge in [-0.15, -0.1) is 0 Å². The SMILES string of the molecule is Cc1ccc(S(=O)(=O)CCC(=O)Nc2ccc(S(=O)(=O)N3CCCCCC3)cc2)cc1. The summed E-state index contributed by atoms with van der Waals surface area (Å²) in [7, 11) is -7.10. The van der Waals surface area contributed by atoms with Crippen LogP contribution in [0.25, 0.3) is 0 Å². The minimum absolute atomic E-state index is 0.189. The van der Waals surface area contributed by atoms with Crippen LogP contribution >= 0.6 is 0 Å². The number of carbonyl (C=O) groups is 1. The highest BCUT2D eigenvalue weighted by molar-refractivity contribution is 7.91. The first kappa shape index (κ1) is 23.4. The number of benzene rings is 2. The Kier molecular flexibility index (Phi) is 7.51. The van der Waals surface area contributed by atoms with Crippen LogP contribution in [0.2, 0.25) is 0 Å². The zero-order chi connectivity index (χ0) is 22.5. The fourth-order valence-electron chi connectivity index (χ4n) is 3.46. The summed E-state index contributed by atoms with van der Waals surface area (Å²) in [4.78, 5) is 12.6. The lowest BCUT2D eigenvalue weighted by Crippen LogP contribution is -2.31. The Morgan fingerprint density at radius 2 is 1.39 bits per heavy atom. The molecule has 0 aromatic heterocycles. The molecule has 0 radical (unpaired) electrons. The number of amides is 1. The highest BCUT2D eigenvalue weighted by Crippen LogP contribution is 2.22. The van der Waals surface area contributed by atoms with Crippen molar-refractivity contribution in [3.05, 3.63) is 54.1 Å². The predicted octanol–water partition coefficient (Wildman–Crippen LogP) is 3.36. The molecule has 0 saturated carbocycles. The molecule has 9 heteroatoms. The summed E-state index contributed by atoms with van der Waals surface area (Å²) in [6.07, 6.45) is 3.61. The molecule has 1 aliphatic rings. The summed E-state index contributed by atoms with van der Waals surface area (Å²) in [6.45, 7) is 2.92. The number of sulfone groups is 1. The average Bonchev–Trinajstić information content (AvgIpc) is 3.03. The third kappa shape index (κ3) is 6.15. The second-order valence-corrected chi connectivity index (χ2v) is 11.8. The van der Waals surface area contributed by atoms with Crippen LogP contribution in [-0.4, -0.2) is 45.9 Å². The van der Waals surface area contributed by atoms with Crippen molar-refractivity contribution < 1.29 is 21.6 Å². The molecule has 0 atom stereocenters. The molecule has 1 amide bonds. The lowest BCUT2D eigenvalue weighted by Gasteiger charge is -2.20. The van der Waals surface area contributed by atoms with Crippen LogP contribution in [0.15, 0.2) is 58.3 Å². The molecule has 0 spiro atoms. The highest BCUT2D eigenvalue weighted by atomic mass is 32.2. The Morgan fingerprint density at radius 3 is 1.97 bits per heavy atom. The van der Waals surface area contributed by atoms with E-state index in [1.165, 1.54) is 40.7 Å². The minimum Gasteiger partial charge on any atom is -0.326 e. The van der Waals surface area contributed by atoms with Gasteiger partial charge in [0.1, 0.15) is 0 Å². The first-order valence-corrected chi connectivity index (χ1v) is 13.5. The topological polar surface area (TPSA) is 101 Å². The maximum atomic E-state index is 12.8. The van der Waals surface area contributed by atoms with Crippen molar-refractivity contribution in [3.63, 3.8) is 0 Å². The molecule has 1 fully saturated rings. The van der Waals surface area contributed by atoms with Gasteiger partial charge in [0.05, 0.1) is 15.5 Å². The minimum atomic E-state index is -3.55. The first-order valence-electron chi connectivity index (χ1n) is 10.4. The number of nitrogens with one attached hydrogen (secondary N) is 1. The molecular weight excluding hydrogens is 436 g/mol. The number of hydrogen-bond acceptors (Lipinski definition) is 5. The van der Waals surface area contributed by atoms with Crippen molar-refractivity contribution >= 4 is 31.5 Å². The van der Waals surface area contributed by atoms with E-state index in [2.05, 4.69) is 5.32 Å². The molecule has 2 aromatic rings. The van der Waals surface area contributed by atoms with Crippen LogP contribution in [0, 0.1) is 6.92 Å². The van der Waals surface area contributed by atoms with Gasteiger partial charge in [0.25, 0.3) is 0 Å². The van der Waals surface area contributed by atoms with E-state index in [1.807, 2.05) is 6.92 Å². The molecule has 31 heavy (non-hydrogen) atoms. The fourth-order valence-corrected chi connectivity index (χ4v) is 6.21. The Morgan fingerprint density at radius 1 is 0.839 bits per heavy atom. The molecule has 2 aromatic carbocycles. The third-order valence-corrected chi connectivity index (χ3v) is 8.96. The van der Waals surface area contributed by atoms with Crippen LogP contribution in [0.3, 0.4) is 0 Å². The van der Waals surface area contributed by atoms with Gasteiger partial charge < -0.3 is 5.32 Å². The number of carbonyl (C=O) groups excluding carboxylic acids is 1. The van der Waals surface area contributed by atoms with Gasteiger partial charge in [-0.2, -0.15) is 4.31 Å². The molecule has 7 nitrogen and oxygen atoms in total. The summed E-state index contributed by atoms with van der Waals surface area (Å²) in [6, 6.07) is 12.5. The van der Waals surface area contributed by atoms with E-state index in [4.69, 9.17) is 0 Å². The van der Waals surface area contributed by atoms with Crippen molar-refractivity contribution in [2.24, 2.45) is 0 Å².